The van der Waals surface area contributed by atoms with Crippen LogP contribution in [0, 0.1) is 5.82 Å². The third-order valence-electron chi connectivity index (χ3n) is 4.62. The van der Waals surface area contributed by atoms with Gasteiger partial charge < -0.3 is 14.8 Å². The molecule has 2 heterocycles. The normalized spacial score (nSPS) is 18.7. The number of methoxy groups -OCH3 is 2. The maximum atomic E-state index is 13.3. The maximum absolute atomic E-state index is 13.3. The van der Waals surface area contributed by atoms with Crippen molar-refractivity contribution in [2.75, 3.05) is 19.5 Å². The second kappa shape index (κ2) is 6.62. The summed E-state index contributed by atoms with van der Waals surface area (Å²) in [5, 5.41) is 15.3. The highest BCUT2D eigenvalue weighted by molar-refractivity contribution is 5.45. The van der Waals surface area contributed by atoms with Crippen LogP contribution in [0.1, 0.15) is 29.6 Å². The summed E-state index contributed by atoms with van der Waals surface area (Å²) in [6.07, 6.45) is 0.674. The molecule has 0 amide bonds. The molecule has 0 bridgehead atoms. The molecule has 0 radical (unpaired) electrons. The second-order valence-electron chi connectivity index (χ2n) is 6.05. The van der Waals surface area contributed by atoms with Crippen LogP contribution in [0.25, 0.3) is 0 Å². The minimum Gasteiger partial charge on any atom is -0.497 e. The lowest BCUT2D eigenvalue weighted by Gasteiger charge is -2.31. The Bertz CT molecular complexity index is 912. The summed E-state index contributed by atoms with van der Waals surface area (Å²) in [4.78, 5) is 0. The Balaban J connectivity index is 1.77. The molecule has 0 fully saturated rings. The van der Waals surface area contributed by atoms with E-state index in [4.69, 9.17) is 9.47 Å². The van der Waals surface area contributed by atoms with Crippen molar-refractivity contribution in [3.8, 4) is 11.5 Å². The van der Waals surface area contributed by atoms with Gasteiger partial charge in [-0.05, 0) is 52.7 Å². The van der Waals surface area contributed by atoms with Crippen LogP contribution in [-0.2, 0) is 0 Å². The molecule has 1 N–H and O–H groups in total. The quantitative estimate of drug-likeness (QED) is 0.776. The molecule has 0 saturated carbocycles. The van der Waals surface area contributed by atoms with Gasteiger partial charge in [-0.3, -0.25) is 0 Å². The van der Waals surface area contributed by atoms with E-state index < -0.39 is 0 Å². The summed E-state index contributed by atoms with van der Waals surface area (Å²) in [6, 6.07) is 11.9. The fourth-order valence-electron chi connectivity index (χ4n) is 3.31. The van der Waals surface area contributed by atoms with Crippen LogP contribution in [-0.4, -0.2) is 34.4 Å². The number of ether oxygens (including phenoxy) is 2. The molecule has 0 unspecified atom stereocenters. The number of hydrogen-bond donors (Lipinski definition) is 1. The molecule has 1 aliphatic heterocycles. The molecular formula is C18H18FN5O2. The number of nitrogens with zero attached hydrogens (tertiary/aromatic N) is 4. The van der Waals surface area contributed by atoms with Crippen molar-refractivity contribution in [1.82, 2.24) is 20.2 Å². The van der Waals surface area contributed by atoms with Gasteiger partial charge in [0.25, 0.3) is 0 Å². The van der Waals surface area contributed by atoms with Gasteiger partial charge in [-0.1, -0.05) is 17.2 Å². The Morgan fingerprint density at radius 2 is 1.92 bits per heavy atom. The number of benzene rings is 2. The standard InChI is InChI=1S/C18H18FN5O2/c1-25-13-7-8-17(26-2)14(9-13)16-10-15(11-3-5-12(19)6-4-11)20-18-21-22-23-24(16)18/h3-9,15-16H,10H2,1-2H3,(H,20,21,23)/t15-,16+/m0/s1. The number of nitrogens with one attached hydrogen (secondary N) is 1. The summed E-state index contributed by atoms with van der Waals surface area (Å²) in [5.41, 5.74) is 1.89. The smallest absolute Gasteiger partial charge is 0.243 e. The average Bonchev–Trinajstić information content (AvgIpc) is 3.16. The fourth-order valence-corrected chi connectivity index (χ4v) is 3.31. The molecule has 0 spiro atoms. The predicted octanol–water partition coefficient (Wildman–Crippen LogP) is 2.98. The third-order valence-corrected chi connectivity index (χ3v) is 4.62. The van der Waals surface area contributed by atoms with Crippen LogP contribution in [0.2, 0.25) is 0 Å². The Morgan fingerprint density at radius 1 is 1.12 bits per heavy atom. The van der Waals surface area contributed by atoms with Gasteiger partial charge in [0.1, 0.15) is 17.3 Å². The first-order valence-corrected chi connectivity index (χ1v) is 8.21. The predicted molar refractivity (Wildman–Crippen MR) is 92.9 cm³/mol. The minimum atomic E-state index is -0.264. The molecule has 0 aliphatic carbocycles. The largest absolute Gasteiger partial charge is 0.497 e. The zero-order valence-corrected chi connectivity index (χ0v) is 14.4. The first-order valence-electron chi connectivity index (χ1n) is 8.21. The highest BCUT2D eigenvalue weighted by Gasteiger charge is 2.32. The van der Waals surface area contributed by atoms with Crippen molar-refractivity contribution in [2.45, 2.75) is 18.5 Å². The van der Waals surface area contributed by atoms with Gasteiger partial charge in [0.05, 0.1) is 26.3 Å². The van der Waals surface area contributed by atoms with Gasteiger partial charge in [-0.15, -0.1) is 0 Å². The number of aromatic nitrogens is 4. The van der Waals surface area contributed by atoms with Gasteiger partial charge in [0, 0.05) is 5.56 Å². The Morgan fingerprint density at radius 3 is 2.65 bits per heavy atom. The molecule has 0 saturated heterocycles. The highest BCUT2D eigenvalue weighted by atomic mass is 19.1. The first kappa shape index (κ1) is 16.3. The molecule has 8 heteroatoms. The molecule has 4 rings (SSSR count). The van der Waals surface area contributed by atoms with Crippen LogP contribution in [0.4, 0.5) is 10.3 Å². The van der Waals surface area contributed by atoms with Crippen molar-refractivity contribution in [2.24, 2.45) is 0 Å². The van der Waals surface area contributed by atoms with E-state index in [9.17, 15) is 4.39 Å². The van der Waals surface area contributed by atoms with Gasteiger partial charge in [0.15, 0.2) is 0 Å². The van der Waals surface area contributed by atoms with Crippen molar-refractivity contribution in [3.63, 3.8) is 0 Å². The lowest BCUT2D eigenvalue weighted by molar-refractivity contribution is 0.371. The number of fused-ring (bicyclic) bond motifs is 1. The zero-order valence-electron chi connectivity index (χ0n) is 14.4. The topological polar surface area (TPSA) is 74.1 Å². The lowest BCUT2D eigenvalue weighted by Crippen LogP contribution is -2.28. The van der Waals surface area contributed by atoms with Crippen molar-refractivity contribution in [1.29, 1.82) is 0 Å². The SMILES string of the molecule is COc1ccc(OC)c([C@H]2C[C@@H](c3ccc(F)cc3)Nc3nnnn32)c1. The molecule has 2 atom stereocenters. The van der Waals surface area contributed by atoms with Crippen LogP contribution in [0.3, 0.4) is 0 Å². The van der Waals surface area contributed by atoms with Gasteiger partial charge >= 0.3 is 0 Å². The zero-order chi connectivity index (χ0) is 18.1. The number of tetrazole rings is 1. The summed E-state index contributed by atoms with van der Waals surface area (Å²) in [7, 11) is 3.25. The number of halogens is 1. The van der Waals surface area contributed by atoms with Crippen molar-refractivity contribution >= 4 is 5.95 Å². The summed E-state index contributed by atoms with van der Waals surface area (Å²) in [5.74, 6) is 1.75. The number of anilines is 1. The minimum absolute atomic E-state index is 0.0602. The summed E-state index contributed by atoms with van der Waals surface area (Å²) >= 11 is 0. The number of rotatable bonds is 4. The summed E-state index contributed by atoms with van der Waals surface area (Å²) in [6.45, 7) is 0. The third kappa shape index (κ3) is 2.83. The molecule has 2 aromatic carbocycles. The number of hydrogen-bond acceptors (Lipinski definition) is 6. The van der Waals surface area contributed by atoms with Gasteiger partial charge in [-0.25, -0.2) is 9.07 Å². The van der Waals surface area contributed by atoms with E-state index in [-0.39, 0.29) is 17.9 Å². The van der Waals surface area contributed by atoms with E-state index in [0.29, 0.717) is 12.4 Å². The lowest BCUT2D eigenvalue weighted by atomic mass is 9.92. The van der Waals surface area contributed by atoms with E-state index in [1.165, 1.54) is 12.1 Å². The van der Waals surface area contributed by atoms with E-state index >= 15 is 0 Å². The van der Waals surface area contributed by atoms with Crippen molar-refractivity contribution < 1.29 is 13.9 Å². The van der Waals surface area contributed by atoms with E-state index in [0.717, 1.165) is 22.6 Å². The Kier molecular flexibility index (Phi) is 4.16. The monoisotopic (exact) mass is 355 g/mol. The van der Waals surface area contributed by atoms with Gasteiger partial charge in [-0.2, -0.15) is 0 Å². The summed E-state index contributed by atoms with van der Waals surface area (Å²) < 4.78 is 25.9. The molecule has 1 aromatic heterocycles. The highest BCUT2D eigenvalue weighted by Crippen LogP contribution is 2.41. The molecule has 3 aromatic rings. The van der Waals surface area contributed by atoms with E-state index in [2.05, 4.69) is 20.8 Å². The van der Waals surface area contributed by atoms with Crippen LogP contribution in [0.5, 0.6) is 11.5 Å². The van der Waals surface area contributed by atoms with E-state index in [1.54, 1.807) is 31.0 Å². The molecule has 7 nitrogen and oxygen atoms in total. The maximum Gasteiger partial charge on any atom is 0.243 e. The fraction of sp³-hybridized carbons (Fsp3) is 0.278. The molecule has 26 heavy (non-hydrogen) atoms. The second-order valence-corrected chi connectivity index (χ2v) is 6.05. The molecule has 134 valence electrons. The first-order chi connectivity index (χ1) is 12.7. The van der Waals surface area contributed by atoms with Gasteiger partial charge in [0.2, 0.25) is 5.95 Å². The molecule has 1 aliphatic rings. The average molecular weight is 355 g/mol. The Hall–Kier alpha value is -3.16. The van der Waals surface area contributed by atoms with E-state index in [1.807, 2.05) is 18.2 Å². The van der Waals surface area contributed by atoms with Crippen LogP contribution in [0.15, 0.2) is 42.5 Å². The van der Waals surface area contributed by atoms with Crippen LogP contribution >= 0.6 is 0 Å². The van der Waals surface area contributed by atoms with Crippen molar-refractivity contribution in [3.05, 3.63) is 59.4 Å². The Labute approximate surface area is 149 Å². The molecular weight excluding hydrogens is 337 g/mol. The van der Waals surface area contributed by atoms with Crippen LogP contribution < -0.4 is 14.8 Å².